The zero-order valence-corrected chi connectivity index (χ0v) is 19.2. The van der Waals surface area contributed by atoms with Gasteiger partial charge in [0.15, 0.2) is 0 Å². The van der Waals surface area contributed by atoms with Crippen LogP contribution in [0, 0.1) is 0 Å². The van der Waals surface area contributed by atoms with E-state index in [1.54, 1.807) is 16.2 Å². The van der Waals surface area contributed by atoms with Gasteiger partial charge in [-0.3, -0.25) is 0 Å². The van der Waals surface area contributed by atoms with Gasteiger partial charge in [0.05, 0.1) is 0 Å². The standard InChI is InChI=1S/C27H17.C5H5.Fe/c1-2-8-18(7-1)27-23-12-6-5-11-21(23)17-26-24(27)14-13-22-15-19-9-3-4-10-20(19)16-25(22)26;1-2-4-5-3-1;/h1-17H;1-5H;. The Kier molecular flexibility index (Phi) is 0.746. The molecule has 4 atom stereocenters. The summed E-state index contributed by atoms with van der Waals surface area (Å²) >= 11 is 0. The van der Waals surface area contributed by atoms with Crippen LogP contribution in [0.25, 0.3) is 43.1 Å². The van der Waals surface area contributed by atoms with Crippen LogP contribution in [0.5, 0.6) is 0 Å². The van der Waals surface area contributed by atoms with E-state index >= 15 is 0 Å². The Labute approximate surface area is 181 Å². The van der Waals surface area contributed by atoms with Crippen LogP contribution in [0.3, 0.4) is 0 Å². The second kappa shape index (κ2) is 1.82. The van der Waals surface area contributed by atoms with Gasteiger partial charge >= 0.3 is 182 Å². The van der Waals surface area contributed by atoms with Crippen LogP contribution in [-0.2, 0) is 10.8 Å². The summed E-state index contributed by atoms with van der Waals surface area (Å²) in [5, 5.41) is 12.0. The Hall–Kier alpha value is -2.34. The molecule has 1 heteroatoms. The molecule has 158 valence electrons. The molecule has 0 nitrogen and oxygen atoms in total. The Morgan fingerprint density at radius 2 is 1.03 bits per heavy atom. The van der Waals surface area contributed by atoms with Gasteiger partial charge in [-0.1, -0.05) is 0 Å². The quantitative estimate of drug-likeness (QED) is 0.132. The molecule has 10 fully saturated rings. The SMILES string of the molecule is c1ccc2cc3c(ccc4c([C]56[CH]7[CH]8[CH]9[CH]5[Fe]89765%10%11%12[CH]6[CH]5[CH]%10[CH]%11[CH]6%12)c5ccccc5cc43)cc2c1. The normalized spacial score (nSPS) is 67.6. The van der Waals surface area contributed by atoms with E-state index in [1.807, 2.05) is 5.56 Å². The fraction of sp³-hybridized carbons (Fsp3) is 0.312. The van der Waals surface area contributed by atoms with Gasteiger partial charge in [0.2, 0.25) is 0 Å². The summed E-state index contributed by atoms with van der Waals surface area (Å²) < 4.78 is 0.780. The van der Waals surface area contributed by atoms with E-state index < -0.39 is 6.51 Å². The third-order valence-corrected chi connectivity index (χ3v) is 62.1. The van der Waals surface area contributed by atoms with Crippen LogP contribution in [-0.4, -0.2) is 0 Å². The third-order valence-electron chi connectivity index (χ3n) is 19.8. The van der Waals surface area contributed by atoms with E-state index in [1.165, 1.54) is 70.3 Å². The average Bonchev–Trinajstić information content (AvgIpc) is 3.79. The van der Waals surface area contributed by atoms with Gasteiger partial charge in [-0.2, -0.15) is 0 Å². The van der Waals surface area contributed by atoms with Crippen molar-refractivity contribution in [1.82, 2.24) is 0 Å². The Balaban J connectivity index is 1.22. The molecule has 1 spiro atoms. The van der Waals surface area contributed by atoms with Crippen molar-refractivity contribution < 1.29 is 6.51 Å². The summed E-state index contributed by atoms with van der Waals surface area (Å²) in [7, 11) is 0. The number of benzene rings is 5. The van der Waals surface area contributed by atoms with Crippen LogP contribution in [0.2, 0.25) is 43.3 Å². The van der Waals surface area contributed by atoms with Crippen LogP contribution >= 0.6 is 0 Å². The van der Waals surface area contributed by atoms with Crippen LogP contribution in [0.4, 0.5) is 0 Å². The van der Waals surface area contributed by atoms with Crippen molar-refractivity contribution in [2.75, 3.05) is 0 Å². The summed E-state index contributed by atoms with van der Waals surface area (Å²) in [6.07, 6.45) is 0. The van der Waals surface area contributed by atoms with Crippen molar-refractivity contribution >= 4 is 43.1 Å². The van der Waals surface area contributed by atoms with E-state index in [0.29, 0.717) is 0 Å². The third kappa shape index (κ3) is 0.299. The zero-order chi connectivity index (χ0) is 20.4. The molecular formula is C32H22Fe. The van der Waals surface area contributed by atoms with Gasteiger partial charge in [-0.15, -0.1) is 0 Å². The molecule has 0 radical (unpaired) electrons. The molecular weight excluding hydrogens is 440 g/mol. The predicted molar refractivity (Wildman–Crippen MR) is 132 cm³/mol. The summed E-state index contributed by atoms with van der Waals surface area (Å²) in [5.41, 5.74) is 1.93. The number of rotatable bonds is 1. The molecule has 10 saturated heterocycles. The molecule has 4 unspecified atom stereocenters. The summed E-state index contributed by atoms with van der Waals surface area (Å²) in [4.78, 5) is 12.2. The van der Waals surface area contributed by atoms with Gasteiger partial charge in [0.1, 0.15) is 0 Å². The summed E-state index contributed by atoms with van der Waals surface area (Å²) in [5.74, 6) is 0. The van der Waals surface area contributed by atoms with Crippen LogP contribution in [0.15, 0.2) is 78.9 Å². The van der Waals surface area contributed by atoms with Crippen molar-refractivity contribution in [2.24, 2.45) is 0 Å². The van der Waals surface area contributed by atoms with E-state index in [2.05, 4.69) is 78.9 Å². The Bertz CT molecular complexity index is 2310. The minimum absolute atomic E-state index is 0.780. The predicted octanol–water partition coefficient (Wildman–Crippen LogP) is 9.10. The van der Waals surface area contributed by atoms with E-state index in [4.69, 9.17) is 0 Å². The molecule has 0 N–H and O–H groups in total. The van der Waals surface area contributed by atoms with Crippen molar-refractivity contribution in [3.63, 3.8) is 0 Å². The topological polar surface area (TPSA) is 0 Å². The zero-order valence-electron chi connectivity index (χ0n) is 18.1. The summed E-state index contributed by atoms with van der Waals surface area (Å²) in [6.45, 7) is -3.29. The first kappa shape index (κ1) is 13.5. The second-order valence-corrected chi connectivity index (χ2v) is 39.3. The Morgan fingerprint density at radius 3 is 1.67 bits per heavy atom. The molecule has 15 rings (SSSR count). The fourth-order valence-corrected chi connectivity index (χ4v) is 94.9. The van der Waals surface area contributed by atoms with Crippen molar-refractivity contribution in [1.29, 1.82) is 0 Å². The molecule has 0 bridgehead atoms. The monoisotopic (exact) mass is 462 g/mol. The van der Waals surface area contributed by atoms with E-state index in [9.17, 15) is 0 Å². The number of fused-ring (bicyclic) bond motifs is 15. The Morgan fingerprint density at radius 1 is 0.455 bits per heavy atom. The van der Waals surface area contributed by atoms with Gasteiger partial charge in [-0.05, 0) is 0 Å². The van der Waals surface area contributed by atoms with Gasteiger partial charge in [0.25, 0.3) is 0 Å². The van der Waals surface area contributed by atoms with Crippen molar-refractivity contribution in [3.8, 4) is 0 Å². The molecule has 33 heavy (non-hydrogen) atoms. The maximum atomic E-state index is 2.57. The number of hydrogen-bond acceptors (Lipinski definition) is 0. The van der Waals surface area contributed by atoms with E-state index in [-0.39, 0.29) is 0 Å². The van der Waals surface area contributed by atoms with Gasteiger partial charge in [0, 0.05) is 0 Å². The molecule has 5 aromatic rings. The average molecular weight is 462 g/mol. The first-order valence-corrected chi connectivity index (χ1v) is 19.3. The van der Waals surface area contributed by atoms with Crippen LogP contribution < -0.4 is 0 Å². The maximum absolute atomic E-state index is 3.29. The molecule has 0 amide bonds. The fourth-order valence-electron chi connectivity index (χ4n) is 20.8. The van der Waals surface area contributed by atoms with E-state index in [0.717, 1.165) is 4.31 Å². The second-order valence-electron chi connectivity index (χ2n) is 15.7. The molecule has 10 aliphatic rings. The van der Waals surface area contributed by atoms with Crippen LogP contribution in [0.1, 0.15) is 5.56 Å². The molecule has 0 aliphatic carbocycles. The molecule has 10 heterocycles. The van der Waals surface area contributed by atoms with Gasteiger partial charge in [-0.25, -0.2) is 0 Å². The minimum atomic E-state index is -3.29. The first-order valence-electron chi connectivity index (χ1n) is 13.1. The molecule has 0 saturated carbocycles. The first-order chi connectivity index (χ1) is 16.1. The van der Waals surface area contributed by atoms with Crippen molar-refractivity contribution in [3.05, 3.63) is 84.4 Å². The number of hydrogen-bond donors (Lipinski definition) is 0. The molecule has 5 aromatic carbocycles. The van der Waals surface area contributed by atoms with Gasteiger partial charge < -0.3 is 0 Å². The molecule has 0 aromatic heterocycles. The molecule has 10 aliphatic heterocycles. The summed E-state index contributed by atoms with van der Waals surface area (Å²) in [6, 6.07) is 31.0. The van der Waals surface area contributed by atoms with Crippen molar-refractivity contribution in [2.45, 2.75) is 47.7 Å².